The molecule has 4 heteroatoms. The van der Waals surface area contributed by atoms with Crippen LogP contribution in [-0.2, 0) is 0 Å². The van der Waals surface area contributed by atoms with Crippen molar-refractivity contribution < 1.29 is 8.83 Å². The fourth-order valence-electron chi connectivity index (χ4n) is 6.40. The summed E-state index contributed by atoms with van der Waals surface area (Å²) in [6, 6.07) is 43.8. The Hall–Kier alpha value is -5.79. The Morgan fingerprint density at radius 3 is 1.83 bits per heavy atom. The van der Waals surface area contributed by atoms with Crippen molar-refractivity contribution in [1.82, 2.24) is 4.57 Å². The maximum Gasteiger partial charge on any atom is 0.178 e. The van der Waals surface area contributed by atoms with E-state index in [1.54, 1.807) is 0 Å². The van der Waals surface area contributed by atoms with Crippen LogP contribution in [0.3, 0.4) is 0 Å². The van der Waals surface area contributed by atoms with E-state index in [2.05, 4.69) is 95.6 Å². The van der Waals surface area contributed by atoms with Crippen molar-refractivity contribution in [2.45, 2.75) is 0 Å². The molecule has 0 saturated heterocycles. The van der Waals surface area contributed by atoms with Crippen molar-refractivity contribution in [3.8, 4) is 22.9 Å². The van der Waals surface area contributed by atoms with E-state index >= 15 is 0 Å². The molecule has 3 heterocycles. The molecule has 0 aliphatic heterocycles. The maximum atomic E-state index is 9.83. The van der Waals surface area contributed by atoms with Crippen LogP contribution in [0, 0.1) is 11.3 Å². The quantitative estimate of drug-likeness (QED) is 0.226. The second-order valence-electron chi connectivity index (χ2n) is 10.4. The molecule has 0 atom stereocenters. The van der Waals surface area contributed by atoms with Gasteiger partial charge in [0.15, 0.2) is 11.2 Å². The van der Waals surface area contributed by atoms with Crippen LogP contribution in [0.2, 0.25) is 0 Å². The Balaban J connectivity index is 1.33. The molecule has 0 bridgehead atoms. The first kappa shape index (κ1) is 22.1. The molecule has 6 aromatic carbocycles. The van der Waals surface area contributed by atoms with Gasteiger partial charge in [0.2, 0.25) is 0 Å². The predicted molar refractivity (Wildman–Crippen MR) is 165 cm³/mol. The first-order valence-corrected chi connectivity index (χ1v) is 13.6. The van der Waals surface area contributed by atoms with Gasteiger partial charge in [-0.05, 0) is 66.2 Å². The van der Waals surface area contributed by atoms with Crippen molar-refractivity contribution in [1.29, 1.82) is 5.26 Å². The van der Waals surface area contributed by atoms with Crippen molar-refractivity contribution in [3.63, 3.8) is 0 Å². The van der Waals surface area contributed by atoms with Gasteiger partial charge in [-0.3, -0.25) is 0 Å². The Labute approximate surface area is 233 Å². The average Bonchev–Trinajstić information content (AvgIpc) is 3.70. The third kappa shape index (κ3) is 3.03. The number of nitriles is 1. The number of para-hydroxylation sites is 3. The van der Waals surface area contributed by atoms with Gasteiger partial charge >= 0.3 is 0 Å². The molecule has 3 aromatic heterocycles. The van der Waals surface area contributed by atoms with Crippen molar-refractivity contribution in [2.75, 3.05) is 0 Å². The fraction of sp³-hybridized carbons (Fsp3) is 0. The predicted octanol–water partition coefficient (Wildman–Crippen LogP) is 10.1. The molecule has 9 aromatic rings. The highest BCUT2D eigenvalue weighted by Gasteiger charge is 2.19. The molecular formula is C37H20N2O2. The molecule has 0 unspecified atom stereocenters. The van der Waals surface area contributed by atoms with Gasteiger partial charge in [-0.2, -0.15) is 5.26 Å². The highest BCUT2D eigenvalue weighted by molar-refractivity contribution is 6.19. The highest BCUT2D eigenvalue weighted by atomic mass is 16.4. The third-order valence-electron chi connectivity index (χ3n) is 8.24. The molecule has 0 radical (unpaired) electrons. The van der Waals surface area contributed by atoms with Crippen LogP contribution in [0.1, 0.15) is 5.56 Å². The molecule has 9 rings (SSSR count). The molecule has 0 fully saturated rings. The summed E-state index contributed by atoms with van der Waals surface area (Å²) in [6.07, 6.45) is 0. The molecule has 0 amide bonds. The van der Waals surface area contributed by atoms with Gasteiger partial charge in [0.1, 0.15) is 11.2 Å². The summed E-state index contributed by atoms with van der Waals surface area (Å²) < 4.78 is 15.0. The van der Waals surface area contributed by atoms with Gasteiger partial charge in [0.25, 0.3) is 0 Å². The average molecular weight is 525 g/mol. The summed E-state index contributed by atoms with van der Waals surface area (Å²) in [4.78, 5) is 0. The molecular weight excluding hydrogens is 504 g/mol. The smallest absolute Gasteiger partial charge is 0.178 e. The van der Waals surface area contributed by atoms with Crippen LogP contribution in [-0.4, -0.2) is 4.57 Å². The normalized spacial score (nSPS) is 11.9. The van der Waals surface area contributed by atoms with E-state index in [0.717, 1.165) is 71.7 Å². The minimum absolute atomic E-state index is 0.616. The van der Waals surface area contributed by atoms with Gasteiger partial charge in [0.05, 0.1) is 28.4 Å². The number of aromatic nitrogens is 1. The molecule has 4 nitrogen and oxygen atoms in total. The number of fused-ring (bicyclic) bond motifs is 10. The molecule has 41 heavy (non-hydrogen) atoms. The van der Waals surface area contributed by atoms with E-state index in [9.17, 15) is 5.26 Å². The molecule has 0 aliphatic rings. The van der Waals surface area contributed by atoms with Crippen LogP contribution in [0.4, 0.5) is 0 Å². The fourth-order valence-corrected chi connectivity index (χ4v) is 6.40. The summed E-state index contributed by atoms with van der Waals surface area (Å²) in [6.45, 7) is 0. The minimum atomic E-state index is 0.616. The zero-order valence-corrected chi connectivity index (χ0v) is 21.8. The summed E-state index contributed by atoms with van der Waals surface area (Å²) in [7, 11) is 0. The van der Waals surface area contributed by atoms with Gasteiger partial charge in [-0.25, -0.2) is 0 Å². The van der Waals surface area contributed by atoms with Crippen molar-refractivity contribution >= 4 is 65.7 Å². The number of hydrogen-bond donors (Lipinski definition) is 0. The largest absolute Gasteiger partial charge is 0.452 e. The first-order valence-electron chi connectivity index (χ1n) is 13.6. The SMILES string of the molecule is N#Cc1ccc(-n2c3ccccc3c3ccccc32)c(-c2ccc3oc4c(ccc5c6ccccc6oc54)c3c2)c1. The lowest BCUT2D eigenvalue weighted by molar-refractivity contribution is 0.633. The van der Waals surface area contributed by atoms with E-state index in [1.165, 1.54) is 10.8 Å². The lowest BCUT2D eigenvalue weighted by atomic mass is 9.98. The Bertz CT molecular complexity index is 2500. The first-order chi connectivity index (χ1) is 20.3. The second kappa shape index (κ2) is 8.11. The Morgan fingerprint density at radius 2 is 1.12 bits per heavy atom. The van der Waals surface area contributed by atoms with Crippen LogP contribution in [0.25, 0.3) is 82.5 Å². The summed E-state index contributed by atoms with van der Waals surface area (Å²) in [5, 5.41) is 16.4. The maximum absolute atomic E-state index is 9.83. The summed E-state index contributed by atoms with van der Waals surface area (Å²) >= 11 is 0. The van der Waals surface area contributed by atoms with E-state index in [0.29, 0.717) is 5.56 Å². The van der Waals surface area contributed by atoms with Crippen LogP contribution in [0.15, 0.2) is 130 Å². The Morgan fingerprint density at radius 1 is 0.512 bits per heavy atom. The van der Waals surface area contributed by atoms with Crippen molar-refractivity contribution in [3.05, 3.63) is 127 Å². The number of benzene rings is 6. The standard InChI is InChI=1S/C37H20N2O2/c38-21-22-13-17-33(39-31-10-4-1-7-24(31)25-8-2-5-11-32(25)39)29(19-22)23-14-18-35-30(20-23)28-16-15-27-26-9-3-6-12-34(26)40-36(27)37(28)41-35/h1-20H. The van der Waals surface area contributed by atoms with E-state index in [-0.39, 0.29) is 0 Å². The summed E-state index contributed by atoms with van der Waals surface area (Å²) in [5.74, 6) is 0. The van der Waals surface area contributed by atoms with Gasteiger partial charge in [-0.1, -0.05) is 60.7 Å². The molecule has 0 spiro atoms. The topological polar surface area (TPSA) is 55.0 Å². The zero-order chi connectivity index (χ0) is 27.1. The van der Waals surface area contributed by atoms with Crippen LogP contribution >= 0.6 is 0 Å². The van der Waals surface area contributed by atoms with E-state index in [1.807, 2.05) is 36.4 Å². The zero-order valence-electron chi connectivity index (χ0n) is 21.8. The van der Waals surface area contributed by atoms with E-state index in [4.69, 9.17) is 8.83 Å². The van der Waals surface area contributed by atoms with Crippen molar-refractivity contribution in [2.24, 2.45) is 0 Å². The van der Waals surface area contributed by atoms with Crippen LogP contribution < -0.4 is 0 Å². The van der Waals surface area contributed by atoms with Gasteiger partial charge in [0, 0.05) is 37.9 Å². The second-order valence-corrected chi connectivity index (χ2v) is 10.4. The number of rotatable bonds is 2. The minimum Gasteiger partial charge on any atom is -0.452 e. The monoisotopic (exact) mass is 524 g/mol. The highest BCUT2D eigenvalue weighted by Crippen LogP contribution is 2.41. The van der Waals surface area contributed by atoms with Gasteiger partial charge < -0.3 is 13.4 Å². The van der Waals surface area contributed by atoms with Gasteiger partial charge in [-0.15, -0.1) is 0 Å². The Kier molecular flexibility index (Phi) is 4.37. The third-order valence-corrected chi connectivity index (χ3v) is 8.24. The summed E-state index contributed by atoms with van der Waals surface area (Å²) in [5.41, 5.74) is 9.04. The molecule has 0 aliphatic carbocycles. The lowest BCUT2D eigenvalue weighted by Gasteiger charge is -2.14. The van der Waals surface area contributed by atoms with Crippen LogP contribution in [0.5, 0.6) is 0 Å². The number of hydrogen-bond acceptors (Lipinski definition) is 3. The lowest BCUT2D eigenvalue weighted by Crippen LogP contribution is -1.98. The number of furan rings is 2. The molecule has 190 valence electrons. The van der Waals surface area contributed by atoms with E-state index < -0.39 is 0 Å². The number of nitrogens with zero attached hydrogens (tertiary/aromatic N) is 2. The molecule has 0 N–H and O–H groups in total. The molecule has 0 saturated carbocycles.